The molecule has 2 aromatic carbocycles. The molecule has 1 amide bonds. The van der Waals surface area contributed by atoms with E-state index in [-0.39, 0.29) is 5.69 Å². The van der Waals surface area contributed by atoms with Gasteiger partial charge in [0.2, 0.25) is 0 Å². The number of benzene rings is 2. The van der Waals surface area contributed by atoms with Gasteiger partial charge in [-0.2, -0.15) is 0 Å². The smallest absolute Gasteiger partial charge is 0.336 e. The number of carbonyl (C=O) groups excluding carboxylic acids is 1. The highest BCUT2D eigenvalue weighted by Gasteiger charge is 2.24. The third-order valence-electron chi connectivity index (χ3n) is 4.48. The van der Waals surface area contributed by atoms with Crippen LogP contribution in [0.1, 0.15) is 26.4 Å². The summed E-state index contributed by atoms with van der Waals surface area (Å²) in [4.78, 5) is 47.3. The summed E-state index contributed by atoms with van der Waals surface area (Å²) in [6.07, 6.45) is 0. The minimum atomic E-state index is -1.42. The molecule has 29 heavy (non-hydrogen) atoms. The molecule has 3 aromatic rings. The van der Waals surface area contributed by atoms with Crippen LogP contribution in [-0.4, -0.2) is 31.3 Å². The summed E-state index contributed by atoms with van der Waals surface area (Å²) in [5.41, 5.74) is -0.840. The zero-order valence-corrected chi connectivity index (χ0v) is 15.4. The first-order valence-corrected chi connectivity index (χ1v) is 8.39. The van der Waals surface area contributed by atoms with E-state index in [4.69, 9.17) is 0 Å². The summed E-state index contributed by atoms with van der Waals surface area (Å²) in [7, 11) is 1.63. The van der Waals surface area contributed by atoms with Crippen LogP contribution < -0.4 is 10.9 Å². The maximum atomic E-state index is 12.9. The molecule has 0 radical (unpaired) electrons. The highest BCUT2D eigenvalue weighted by Crippen LogP contribution is 2.21. The van der Waals surface area contributed by atoms with Crippen molar-refractivity contribution in [2.45, 2.75) is 6.92 Å². The number of amides is 1. The van der Waals surface area contributed by atoms with E-state index in [1.54, 1.807) is 49.0 Å². The van der Waals surface area contributed by atoms with Gasteiger partial charge in [-0.25, -0.2) is 9.48 Å². The number of hydrogen-bond acceptors (Lipinski definition) is 5. The number of nitro groups is 1. The predicted octanol–water partition coefficient (Wildman–Crippen LogP) is 2.34. The maximum absolute atomic E-state index is 12.9. The fourth-order valence-electron chi connectivity index (χ4n) is 2.91. The molecule has 0 spiro atoms. The van der Waals surface area contributed by atoms with Crippen LogP contribution in [0.5, 0.6) is 0 Å². The molecule has 10 nitrogen and oxygen atoms in total. The Labute approximate surface area is 163 Å². The topological polar surface area (TPSA) is 136 Å². The average Bonchev–Trinajstić information content (AvgIpc) is 2.91. The molecule has 0 aliphatic heterocycles. The second-order valence-corrected chi connectivity index (χ2v) is 6.18. The number of para-hydroxylation sites is 1. The van der Waals surface area contributed by atoms with E-state index in [0.717, 1.165) is 18.2 Å². The van der Waals surface area contributed by atoms with E-state index in [2.05, 4.69) is 5.32 Å². The van der Waals surface area contributed by atoms with Crippen molar-refractivity contribution in [2.24, 2.45) is 7.05 Å². The fourth-order valence-corrected chi connectivity index (χ4v) is 2.91. The van der Waals surface area contributed by atoms with Crippen LogP contribution in [-0.2, 0) is 7.05 Å². The van der Waals surface area contributed by atoms with Crippen LogP contribution in [0.4, 0.5) is 11.4 Å². The largest absolute Gasteiger partial charge is 0.478 e. The van der Waals surface area contributed by atoms with Crippen LogP contribution in [0.2, 0.25) is 0 Å². The quantitative estimate of drug-likeness (QED) is 0.502. The molecule has 1 aromatic heterocycles. The first kappa shape index (κ1) is 19.5. The Morgan fingerprint density at radius 2 is 1.76 bits per heavy atom. The SMILES string of the molecule is Cc1c(NC(=O)c2cc([N+](=O)[O-])ccc2C(=O)O)c(=O)n(-c2ccccc2)n1C. The molecule has 1 heterocycles. The molecule has 0 unspecified atom stereocenters. The maximum Gasteiger partial charge on any atom is 0.336 e. The monoisotopic (exact) mass is 396 g/mol. The van der Waals surface area contributed by atoms with Crippen molar-refractivity contribution in [3.63, 3.8) is 0 Å². The Morgan fingerprint density at radius 1 is 1.10 bits per heavy atom. The summed E-state index contributed by atoms with van der Waals surface area (Å²) in [6.45, 7) is 1.61. The Morgan fingerprint density at radius 3 is 2.34 bits per heavy atom. The molecular formula is C19H16N4O6. The van der Waals surface area contributed by atoms with Gasteiger partial charge in [0.25, 0.3) is 17.2 Å². The molecule has 0 saturated carbocycles. The molecule has 0 fully saturated rings. The van der Waals surface area contributed by atoms with Crippen molar-refractivity contribution in [3.8, 4) is 5.69 Å². The minimum Gasteiger partial charge on any atom is -0.478 e. The van der Waals surface area contributed by atoms with E-state index in [9.17, 15) is 29.6 Å². The lowest BCUT2D eigenvalue weighted by molar-refractivity contribution is -0.384. The minimum absolute atomic E-state index is 0.0517. The van der Waals surface area contributed by atoms with E-state index in [1.165, 1.54) is 4.68 Å². The van der Waals surface area contributed by atoms with Gasteiger partial charge in [0.05, 0.1) is 27.4 Å². The van der Waals surface area contributed by atoms with E-state index < -0.39 is 39.2 Å². The van der Waals surface area contributed by atoms with Crippen molar-refractivity contribution in [2.75, 3.05) is 5.32 Å². The molecule has 0 aliphatic rings. The van der Waals surface area contributed by atoms with Gasteiger partial charge < -0.3 is 10.4 Å². The van der Waals surface area contributed by atoms with E-state index in [0.29, 0.717) is 11.4 Å². The molecule has 0 aliphatic carbocycles. The summed E-state index contributed by atoms with van der Waals surface area (Å²) >= 11 is 0. The first-order chi connectivity index (χ1) is 13.7. The normalized spacial score (nSPS) is 10.6. The number of aromatic carboxylic acids is 1. The third-order valence-corrected chi connectivity index (χ3v) is 4.48. The molecular weight excluding hydrogens is 380 g/mol. The molecule has 148 valence electrons. The lowest BCUT2D eigenvalue weighted by Gasteiger charge is -2.07. The van der Waals surface area contributed by atoms with Crippen molar-refractivity contribution in [1.82, 2.24) is 9.36 Å². The number of nitro benzene ring substituents is 1. The average molecular weight is 396 g/mol. The number of anilines is 1. The Bertz CT molecular complexity index is 1190. The lowest BCUT2D eigenvalue weighted by atomic mass is 10.1. The Kier molecular flexibility index (Phi) is 5.01. The highest BCUT2D eigenvalue weighted by atomic mass is 16.6. The Balaban J connectivity index is 2.07. The molecule has 3 rings (SSSR count). The molecule has 0 bridgehead atoms. The highest BCUT2D eigenvalue weighted by molar-refractivity contribution is 6.11. The molecule has 10 heteroatoms. The zero-order chi connectivity index (χ0) is 21.3. The van der Waals surface area contributed by atoms with Gasteiger partial charge in [0.1, 0.15) is 5.69 Å². The number of nitrogens with zero attached hydrogens (tertiary/aromatic N) is 3. The second-order valence-electron chi connectivity index (χ2n) is 6.18. The molecule has 2 N–H and O–H groups in total. The lowest BCUT2D eigenvalue weighted by Crippen LogP contribution is -2.24. The van der Waals surface area contributed by atoms with Crippen LogP contribution in [0.3, 0.4) is 0 Å². The number of hydrogen-bond donors (Lipinski definition) is 2. The van der Waals surface area contributed by atoms with Gasteiger partial charge in [0, 0.05) is 19.2 Å². The van der Waals surface area contributed by atoms with Crippen LogP contribution in [0.15, 0.2) is 53.3 Å². The van der Waals surface area contributed by atoms with Gasteiger partial charge in [-0.05, 0) is 25.1 Å². The van der Waals surface area contributed by atoms with Crippen molar-refractivity contribution >= 4 is 23.3 Å². The number of rotatable bonds is 5. The number of carboxylic acids is 1. The van der Waals surface area contributed by atoms with Crippen molar-refractivity contribution < 1.29 is 19.6 Å². The predicted molar refractivity (Wildman–Crippen MR) is 104 cm³/mol. The van der Waals surface area contributed by atoms with E-state index >= 15 is 0 Å². The second kappa shape index (κ2) is 7.43. The summed E-state index contributed by atoms with van der Waals surface area (Å²) in [6, 6.07) is 11.6. The van der Waals surface area contributed by atoms with Crippen molar-refractivity contribution in [1.29, 1.82) is 0 Å². The summed E-state index contributed by atoms with van der Waals surface area (Å²) in [5, 5.41) is 22.7. The van der Waals surface area contributed by atoms with Gasteiger partial charge in [-0.1, -0.05) is 18.2 Å². The summed E-state index contributed by atoms with van der Waals surface area (Å²) in [5.74, 6) is -2.35. The van der Waals surface area contributed by atoms with Crippen molar-refractivity contribution in [3.05, 3.63) is 85.8 Å². The number of carbonyl (C=O) groups is 2. The molecule has 0 atom stereocenters. The van der Waals surface area contributed by atoms with Gasteiger partial charge in [-0.15, -0.1) is 0 Å². The third kappa shape index (κ3) is 3.50. The number of carboxylic acid groups (broad SMARTS) is 1. The van der Waals surface area contributed by atoms with Crippen LogP contribution in [0, 0.1) is 17.0 Å². The Hall–Kier alpha value is -4.21. The van der Waals surface area contributed by atoms with Crippen LogP contribution >= 0.6 is 0 Å². The van der Waals surface area contributed by atoms with Gasteiger partial charge >= 0.3 is 5.97 Å². The molecule has 0 saturated heterocycles. The van der Waals surface area contributed by atoms with E-state index in [1.807, 2.05) is 0 Å². The van der Waals surface area contributed by atoms with Crippen LogP contribution in [0.25, 0.3) is 5.69 Å². The summed E-state index contributed by atoms with van der Waals surface area (Å²) < 4.78 is 2.88. The zero-order valence-electron chi connectivity index (χ0n) is 15.4. The van der Waals surface area contributed by atoms with Gasteiger partial charge in [-0.3, -0.25) is 24.4 Å². The number of non-ortho nitro benzene ring substituents is 1. The number of aromatic nitrogens is 2. The number of nitrogens with one attached hydrogen (secondary N) is 1. The first-order valence-electron chi connectivity index (χ1n) is 8.39. The standard InChI is InChI=1S/C19H16N4O6/c1-11-16(18(25)22(21(11)2)12-6-4-3-5-7-12)20-17(24)15-10-13(23(28)29)8-9-14(15)19(26)27/h3-10H,1-2H3,(H,20,24)(H,26,27). The fraction of sp³-hybridized carbons (Fsp3) is 0.105. The van der Waals surface area contributed by atoms with Gasteiger partial charge in [0.15, 0.2) is 0 Å².